The molecular formula is C19H26O7. The highest BCUT2D eigenvalue weighted by Gasteiger charge is 2.33. The fraction of sp³-hybridized carbons (Fsp3) is 0.526. The Bertz CT molecular complexity index is 694. The molecule has 0 amide bonds. The summed E-state index contributed by atoms with van der Waals surface area (Å²) in [5, 5.41) is 9.25. The largest absolute Gasteiger partial charge is 0.496 e. The van der Waals surface area contributed by atoms with E-state index in [1.165, 1.54) is 7.11 Å². The molecule has 26 heavy (non-hydrogen) atoms. The molecule has 0 aromatic heterocycles. The number of ether oxygens (including phenoxy) is 5. The maximum Gasteiger partial charge on any atom is 0.342 e. The maximum absolute atomic E-state index is 12.3. The number of aliphatic hydroxyl groups excluding tert-OH is 1. The normalized spacial score (nSPS) is 14.8. The minimum Gasteiger partial charge on any atom is -0.496 e. The van der Waals surface area contributed by atoms with Crippen LogP contribution in [0.5, 0.6) is 11.5 Å². The van der Waals surface area contributed by atoms with Crippen molar-refractivity contribution in [3.8, 4) is 11.5 Å². The van der Waals surface area contributed by atoms with Crippen LogP contribution in [0.15, 0.2) is 11.6 Å². The molecule has 7 heteroatoms. The van der Waals surface area contributed by atoms with E-state index in [4.69, 9.17) is 23.7 Å². The van der Waals surface area contributed by atoms with Gasteiger partial charge < -0.3 is 28.8 Å². The van der Waals surface area contributed by atoms with Crippen LogP contribution in [0.4, 0.5) is 0 Å². The van der Waals surface area contributed by atoms with E-state index in [2.05, 4.69) is 0 Å². The molecule has 0 spiro atoms. The van der Waals surface area contributed by atoms with Crippen LogP contribution in [-0.2, 0) is 27.2 Å². The lowest BCUT2D eigenvalue weighted by Crippen LogP contribution is -2.16. The first-order chi connectivity index (χ1) is 12.4. The Morgan fingerprint density at radius 1 is 1.35 bits per heavy atom. The molecule has 1 heterocycles. The predicted molar refractivity (Wildman–Crippen MR) is 94.4 cm³/mol. The molecule has 0 fully saturated rings. The molecule has 1 unspecified atom stereocenters. The van der Waals surface area contributed by atoms with Gasteiger partial charge in [-0.1, -0.05) is 11.6 Å². The molecule has 2 rings (SSSR count). The highest BCUT2D eigenvalue weighted by molar-refractivity contribution is 5.98. The Hall–Kier alpha value is -2.09. The summed E-state index contributed by atoms with van der Waals surface area (Å²) >= 11 is 0. The molecular weight excluding hydrogens is 340 g/mol. The highest BCUT2D eigenvalue weighted by atomic mass is 16.7. The minimum absolute atomic E-state index is 0.0427. The molecule has 1 aliphatic heterocycles. The average Bonchev–Trinajstić information content (AvgIpc) is 3.03. The van der Waals surface area contributed by atoms with Crippen LogP contribution in [0.1, 0.15) is 40.9 Å². The lowest BCUT2D eigenvalue weighted by molar-refractivity contribution is -0.149. The van der Waals surface area contributed by atoms with Crippen LogP contribution in [0.25, 0.3) is 0 Å². The summed E-state index contributed by atoms with van der Waals surface area (Å²) in [6.07, 6.45) is 1.86. The highest BCUT2D eigenvalue weighted by Crippen LogP contribution is 2.42. The number of allylic oxidation sites excluding steroid dienone is 1. The van der Waals surface area contributed by atoms with E-state index in [1.807, 2.05) is 19.9 Å². The Morgan fingerprint density at radius 2 is 2.08 bits per heavy atom. The smallest absolute Gasteiger partial charge is 0.342 e. The van der Waals surface area contributed by atoms with Gasteiger partial charge in [0.15, 0.2) is 13.1 Å². The van der Waals surface area contributed by atoms with Crippen molar-refractivity contribution in [1.29, 1.82) is 0 Å². The molecule has 144 valence electrons. The number of fused-ring (bicyclic) bond motifs is 1. The monoisotopic (exact) mass is 366 g/mol. The Labute approximate surface area is 153 Å². The fourth-order valence-electron chi connectivity index (χ4n) is 2.77. The van der Waals surface area contributed by atoms with Gasteiger partial charge in [-0.15, -0.1) is 0 Å². The number of hydrogen-bond donors (Lipinski definition) is 1. The van der Waals surface area contributed by atoms with E-state index in [9.17, 15) is 9.90 Å². The molecule has 1 aromatic rings. The zero-order chi connectivity index (χ0) is 19.3. The van der Waals surface area contributed by atoms with Crippen LogP contribution in [0, 0.1) is 6.92 Å². The van der Waals surface area contributed by atoms with E-state index in [-0.39, 0.29) is 20.0 Å². The molecule has 1 aliphatic rings. The average molecular weight is 366 g/mol. The summed E-state index contributed by atoms with van der Waals surface area (Å²) in [6, 6.07) is 0. The number of hydrogen-bond acceptors (Lipinski definition) is 7. The van der Waals surface area contributed by atoms with Crippen LogP contribution in [-0.4, -0.2) is 45.0 Å². The molecule has 1 N–H and O–H groups in total. The lowest BCUT2D eigenvalue weighted by Gasteiger charge is -2.20. The van der Waals surface area contributed by atoms with Crippen molar-refractivity contribution in [2.24, 2.45) is 0 Å². The lowest BCUT2D eigenvalue weighted by atomic mass is 9.95. The number of carbonyl (C=O) groups is 1. The van der Waals surface area contributed by atoms with Crippen LogP contribution in [0.2, 0.25) is 0 Å². The van der Waals surface area contributed by atoms with Crippen LogP contribution in [0.3, 0.4) is 0 Å². The summed E-state index contributed by atoms with van der Waals surface area (Å²) in [6.45, 7) is 5.51. The van der Waals surface area contributed by atoms with Crippen LogP contribution < -0.4 is 9.47 Å². The standard InChI is InChI=1S/C19H26O7/c1-11(8-20)6-7-14-17(23-5)12(2)15-9-24-19(21)16(15)18(14)26-10-25-13(3)22-4/h6,13,20H,7-10H2,1-5H3. The van der Waals surface area contributed by atoms with Gasteiger partial charge in [-0.2, -0.15) is 0 Å². The minimum atomic E-state index is -0.442. The predicted octanol–water partition coefficient (Wildman–Crippen LogP) is 2.50. The van der Waals surface area contributed by atoms with Crippen molar-refractivity contribution < 1.29 is 33.6 Å². The number of benzene rings is 1. The topological polar surface area (TPSA) is 83.5 Å². The number of carbonyl (C=O) groups excluding carboxylic acids is 1. The van der Waals surface area contributed by atoms with Gasteiger partial charge in [-0.25, -0.2) is 4.79 Å². The van der Waals surface area contributed by atoms with Crippen molar-refractivity contribution in [3.05, 3.63) is 33.9 Å². The molecule has 0 saturated heterocycles. The van der Waals surface area contributed by atoms with Crippen molar-refractivity contribution >= 4 is 5.97 Å². The summed E-state index contributed by atoms with van der Waals surface area (Å²) in [4.78, 5) is 12.3. The van der Waals surface area contributed by atoms with Gasteiger partial charge >= 0.3 is 5.97 Å². The maximum atomic E-state index is 12.3. The summed E-state index contributed by atoms with van der Waals surface area (Å²) in [7, 11) is 3.11. The Balaban J connectivity index is 2.49. The quantitative estimate of drug-likeness (QED) is 0.408. The first-order valence-corrected chi connectivity index (χ1v) is 8.37. The number of methoxy groups -OCH3 is 2. The number of aliphatic hydroxyl groups is 1. The zero-order valence-corrected chi connectivity index (χ0v) is 15.9. The first-order valence-electron chi connectivity index (χ1n) is 8.37. The SMILES string of the molecule is COc1c(C)c2c(c(OCOC(C)OC)c1CC=C(C)CO)C(=O)OC2. The third-order valence-corrected chi connectivity index (χ3v) is 4.37. The first kappa shape index (κ1) is 20.2. The van der Waals surface area contributed by atoms with E-state index >= 15 is 0 Å². The van der Waals surface area contributed by atoms with Gasteiger partial charge in [0.1, 0.15) is 23.7 Å². The molecule has 0 radical (unpaired) electrons. The second kappa shape index (κ2) is 9.02. The van der Waals surface area contributed by atoms with Gasteiger partial charge in [0, 0.05) is 18.2 Å². The zero-order valence-electron chi connectivity index (χ0n) is 15.9. The summed E-state index contributed by atoms with van der Waals surface area (Å²) in [5.74, 6) is 0.596. The van der Waals surface area contributed by atoms with Gasteiger partial charge in [0.25, 0.3) is 0 Å². The third-order valence-electron chi connectivity index (χ3n) is 4.37. The van der Waals surface area contributed by atoms with E-state index in [0.29, 0.717) is 29.0 Å². The molecule has 7 nitrogen and oxygen atoms in total. The van der Waals surface area contributed by atoms with Crippen molar-refractivity contribution in [1.82, 2.24) is 0 Å². The fourth-order valence-corrected chi connectivity index (χ4v) is 2.77. The second-order valence-electron chi connectivity index (χ2n) is 6.04. The van der Waals surface area contributed by atoms with Gasteiger partial charge in [0.2, 0.25) is 0 Å². The molecule has 0 aliphatic carbocycles. The Morgan fingerprint density at radius 3 is 2.69 bits per heavy atom. The van der Waals surface area contributed by atoms with E-state index in [1.54, 1.807) is 14.0 Å². The van der Waals surface area contributed by atoms with E-state index < -0.39 is 12.3 Å². The van der Waals surface area contributed by atoms with Crippen LogP contribution >= 0.6 is 0 Å². The van der Waals surface area contributed by atoms with Crippen molar-refractivity contribution in [2.75, 3.05) is 27.6 Å². The molecule has 0 saturated carbocycles. The summed E-state index contributed by atoms with van der Waals surface area (Å²) in [5.41, 5.74) is 3.53. The molecule has 1 atom stereocenters. The van der Waals surface area contributed by atoms with Crippen molar-refractivity contribution in [3.63, 3.8) is 0 Å². The molecule has 1 aromatic carbocycles. The second-order valence-corrected chi connectivity index (χ2v) is 6.04. The van der Waals surface area contributed by atoms with Gasteiger partial charge in [-0.3, -0.25) is 0 Å². The van der Waals surface area contributed by atoms with Gasteiger partial charge in [0.05, 0.1) is 13.7 Å². The third kappa shape index (κ3) is 4.17. The van der Waals surface area contributed by atoms with Gasteiger partial charge in [-0.05, 0) is 32.8 Å². The van der Waals surface area contributed by atoms with Crippen molar-refractivity contribution in [2.45, 2.75) is 40.1 Å². The summed E-state index contributed by atoms with van der Waals surface area (Å²) < 4.78 is 27.0. The number of cyclic esters (lactones) is 1. The number of rotatable bonds is 9. The van der Waals surface area contributed by atoms with E-state index in [0.717, 1.165) is 16.7 Å². The molecule has 0 bridgehead atoms. The number of esters is 1. The Kier molecular flexibility index (Phi) is 7.02.